The molecule has 1 amide bonds. The third-order valence-corrected chi connectivity index (χ3v) is 5.91. The molecule has 6 heteroatoms. The number of aliphatic carboxylic acids is 1. The Bertz CT molecular complexity index is 513. The molecule has 0 aliphatic carbocycles. The first kappa shape index (κ1) is 15.4. The number of nitrogens with zero attached hydrogens (tertiary/aromatic N) is 1. The Morgan fingerprint density at radius 2 is 2.25 bits per heavy atom. The molecule has 110 valence electrons. The molecule has 4 nitrogen and oxygen atoms in total. The number of thioether (sulfide) groups is 1. The third-order valence-electron chi connectivity index (χ3n) is 3.45. The molecule has 20 heavy (non-hydrogen) atoms. The lowest BCUT2D eigenvalue weighted by Crippen LogP contribution is -2.46. The first-order valence-electron chi connectivity index (χ1n) is 6.72. The van der Waals surface area contributed by atoms with Gasteiger partial charge in [0.2, 0.25) is 0 Å². The Balaban J connectivity index is 2.18. The van der Waals surface area contributed by atoms with Crippen LogP contribution in [-0.2, 0) is 11.2 Å². The van der Waals surface area contributed by atoms with Gasteiger partial charge in [-0.1, -0.05) is 6.92 Å². The molecule has 2 rings (SSSR count). The van der Waals surface area contributed by atoms with Crippen LogP contribution in [0.15, 0.2) is 6.07 Å². The van der Waals surface area contributed by atoms with Gasteiger partial charge in [0.1, 0.15) is 0 Å². The topological polar surface area (TPSA) is 57.6 Å². The summed E-state index contributed by atoms with van der Waals surface area (Å²) in [6, 6.07) is 1.75. The van der Waals surface area contributed by atoms with Gasteiger partial charge in [-0.15, -0.1) is 11.3 Å². The third kappa shape index (κ3) is 3.35. The number of hydrogen-bond acceptors (Lipinski definition) is 4. The van der Waals surface area contributed by atoms with Crippen LogP contribution >= 0.6 is 23.1 Å². The summed E-state index contributed by atoms with van der Waals surface area (Å²) in [6.07, 6.45) is 0.960. The molecular formula is C14H19NO3S2. The monoisotopic (exact) mass is 313 g/mol. The molecule has 1 aliphatic rings. The highest BCUT2D eigenvalue weighted by atomic mass is 32.2. The fourth-order valence-electron chi connectivity index (χ4n) is 2.41. The molecule has 1 aromatic heterocycles. The molecule has 1 atom stereocenters. The van der Waals surface area contributed by atoms with Gasteiger partial charge in [-0.2, -0.15) is 11.8 Å². The molecule has 1 N–H and O–H groups in total. The number of aryl methyl sites for hydroxylation is 2. The van der Waals surface area contributed by atoms with E-state index >= 15 is 0 Å². The average molecular weight is 313 g/mol. The van der Waals surface area contributed by atoms with Crippen molar-refractivity contribution in [2.24, 2.45) is 0 Å². The molecule has 0 aromatic carbocycles. The van der Waals surface area contributed by atoms with Crippen molar-refractivity contribution < 1.29 is 14.7 Å². The predicted octanol–water partition coefficient (Wildman–Crippen LogP) is 2.65. The zero-order chi connectivity index (χ0) is 14.7. The lowest BCUT2D eigenvalue weighted by atomic mass is 10.1. The summed E-state index contributed by atoms with van der Waals surface area (Å²) in [5, 5.41) is 8.98. The lowest BCUT2D eigenvalue weighted by Gasteiger charge is -2.34. The Morgan fingerprint density at radius 3 is 2.85 bits per heavy atom. The van der Waals surface area contributed by atoms with Crippen molar-refractivity contribution in [1.29, 1.82) is 0 Å². The maximum atomic E-state index is 12.6. The first-order chi connectivity index (χ1) is 9.52. The molecule has 1 saturated heterocycles. The summed E-state index contributed by atoms with van der Waals surface area (Å²) in [4.78, 5) is 27.3. The quantitative estimate of drug-likeness (QED) is 0.928. The van der Waals surface area contributed by atoms with Crippen molar-refractivity contribution in [3.8, 4) is 0 Å². The molecular weight excluding hydrogens is 294 g/mol. The molecule has 1 aromatic rings. The fraction of sp³-hybridized carbons (Fsp3) is 0.571. The highest BCUT2D eigenvalue weighted by Gasteiger charge is 2.30. The minimum Gasteiger partial charge on any atom is -0.481 e. The molecule has 0 spiro atoms. The van der Waals surface area contributed by atoms with Gasteiger partial charge in [0, 0.05) is 22.9 Å². The van der Waals surface area contributed by atoms with E-state index in [1.165, 1.54) is 16.2 Å². The number of hydrogen-bond donors (Lipinski definition) is 1. The van der Waals surface area contributed by atoms with E-state index in [9.17, 15) is 9.59 Å². The van der Waals surface area contributed by atoms with Crippen molar-refractivity contribution in [2.45, 2.75) is 32.7 Å². The number of carbonyl (C=O) groups is 2. The van der Waals surface area contributed by atoms with E-state index in [0.29, 0.717) is 12.3 Å². The van der Waals surface area contributed by atoms with Crippen molar-refractivity contribution in [3.05, 3.63) is 21.4 Å². The van der Waals surface area contributed by atoms with Crippen LogP contribution in [0.25, 0.3) is 0 Å². The fourth-order valence-corrected chi connectivity index (χ4v) is 4.54. The van der Waals surface area contributed by atoms with Gasteiger partial charge in [-0.05, 0) is 25.0 Å². The van der Waals surface area contributed by atoms with Crippen LogP contribution in [0.4, 0.5) is 0 Å². The van der Waals surface area contributed by atoms with Crippen molar-refractivity contribution in [2.75, 3.05) is 18.1 Å². The van der Waals surface area contributed by atoms with Crippen molar-refractivity contribution in [3.63, 3.8) is 0 Å². The summed E-state index contributed by atoms with van der Waals surface area (Å²) in [5.41, 5.74) is 1.15. The van der Waals surface area contributed by atoms with Gasteiger partial charge in [0.25, 0.3) is 5.91 Å². The van der Waals surface area contributed by atoms with Crippen LogP contribution in [0.5, 0.6) is 0 Å². The number of rotatable bonds is 4. The van der Waals surface area contributed by atoms with Crippen LogP contribution in [0.3, 0.4) is 0 Å². The highest BCUT2D eigenvalue weighted by molar-refractivity contribution is 7.99. The van der Waals surface area contributed by atoms with Crippen molar-refractivity contribution in [1.82, 2.24) is 4.90 Å². The van der Waals surface area contributed by atoms with E-state index in [1.807, 2.05) is 13.0 Å². The second-order valence-corrected chi connectivity index (χ2v) is 7.18. The smallest absolute Gasteiger partial charge is 0.305 e. The molecule has 1 unspecified atom stereocenters. The van der Waals surface area contributed by atoms with E-state index in [0.717, 1.165) is 22.6 Å². The maximum absolute atomic E-state index is 12.6. The van der Waals surface area contributed by atoms with Gasteiger partial charge >= 0.3 is 5.97 Å². The van der Waals surface area contributed by atoms with Crippen molar-refractivity contribution >= 4 is 35.0 Å². The maximum Gasteiger partial charge on any atom is 0.305 e. The lowest BCUT2D eigenvalue weighted by molar-refractivity contribution is -0.138. The summed E-state index contributed by atoms with van der Waals surface area (Å²) in [7, 11) is 0. The summed E-state index contributed by atoms with van der Waals surface area (Å²) in [5.74, 6) is 0.742. The van der Waals surface area contributed by atoms with Crippen LogP contribution in [0.1, 0.15) is 33.5 Å². The number of carbonyl (C=O) groups excluding carboxylic acids is 1. The normalized spacial score (nSPS) is 19.1. The van der Waals surface area contributed by atoms with E-state index in [1.54, 1.807) is 16.7 Å². The van der Waals surface area contributed by atoms with Crippen LogP contribution < -0.4 is 0 Å². The van der Waals surface area contributed by atoms with Gasteiger partial charge in [0.15, 0.2) is 0 Å². The summed E-state index contributed by atoms with van der Waals surface area (Å²) in [6.45, 7) is 4.74. The summed E-state index contributed by atoms with van der Waals surface area (Å²) < 4.78 is 0. The van der Waals surface area contributed by atoms with Crippen LogP contribution in [0, 0.1) is 6.92 Å². The minimum absolute atomic E-state index is 0.00986. The SMILES string of the molecule is CCc1sc(C(=O)N2CCSCC2CC(=O)O)cc1C. The Hall–Kier alpha value is -1.01. The van der Waals surface area contributed by atoms with Crippen LogP contribution in [-0.4, -0.2) is 46.0 Å². The molecule has 1 fully saturated rings. The van der Waals surface area contributed by atoms with Gasteiger partial charge in [-0.3, -0.25) is 9.59 Å². The minimum atomic E-state index is -0.841. The highest BCUT2D eigenvalue weighted by Crippen LogP contribution is 2.27. The van der Waals surface area contributed by atoms with Gasteiger partial charge in [-0.25, -0.2) is 0 Å². The van der Waals surface area contributed by atoms with E-state index in [-0.39, 0.29) is 18.4 Å². The number of carboxylic acids is 1. The standard InChI is InChI=1S/C14H19NO3S2/c1-3-11-9(2)6-12(20-11)14(18)15-4-5-19-8-10(15)7-13(16)17/h6,10H,3-5,7-8H2,1-2H3,(H,16,17). The molecule has 0 radical (unpaired) electrons. The zero-order valence-electron chi connectivity index (χ0n) is 11.7. The van der Waals surface area contributed by atoms with E-state index in [4.69, 9.17) is 5.11 Å². The number of carboxylic acid groups (broad SMARTS) is 1. The number of amides is 1. The summed E-state index contributed by atoms with van der Waals surface area (Å²) >= 11 is 3.26. The van der Waals surface area contributed by atoms with E-state index in [2.05, 4.69) is 6.92 Å². The van der Waals surface area contributed by atoms with Gasteiger partial charge < -0.3 is 10.0 Å². The van der Waals surface area contributed by atoms with E-state index < -0.39 is 5.97 Å². The number of thiophene rings is 1. The van der Waals surface area contributed by atoms with Crippen LogP contribution in [0.2, 0.25) is 0 Å². The predicted molar refractivity (Wildman–Crippen MR) is 82.8 cm³/mol. The molecule has 1 aliphatic heterocycles. The second kappa shape index (κ2) is 6.63. The first-order valence-corrected chi connectivity index (χ1v) is 8.69. The Labute approximate surface area is 127 Å². The second-order valence-electron chi connectivity index (χ2n) is 4.90. The molecule has 0 saturated carbocycles. The Kier molecular flexibility index (Phi) is 5.10. The van der Waals surface area contributed by atoms with Gasteiger partial charge in [0.05, 0.1) is 17.3 Å². The molecule has 2 heterocycles. The zero-order valence-corrected chi connectivity index (χ0v) is 13.4. The Morgan fingerprint density at radius 1 is 1.50 bits per heavy atom. The molecule has 0 bridgehead atoms. The largest absolute Gasteiger partial charge is 0.481 e. The average Bonchev–Trinajstić information content (AvgIpc) is 2.79.